The second-order valence-electron chi connectivity index (χ2n) is 6.64. The van der Waals surface area contributed by atoms with E-state index in [0.717, 1.165) is 17.7 Å². The Morgan fingerprint density at radius 1 is 1.25 bits per heavy atom. The summed E-state index contributed by atoms with van der Waals surface area (Å²) >= 11 is 0. The van der Waals surface area contributed by atoms with Crippen molar-refractivity contribution in [2.45, 2.75) is 32.1 Å². The number of nitrogens with zero attached hydrogens (tertiary/aromatic N) is 2. The van der Waals surface area contributed by atoms with Crippen LogP contribution in [0, 0.1) is 17.1 Å². The van der Waals surface area contributed by atoms with Crippen molar-refractivity contribution in [3.8, 4) is 6.07 Å². The van der Waals surface area contributed by atoms with Crippen LogP contribution in [0.25, 0.3) is 0 Å². The van der Waals surface area contributed by atoms with Crippen LogP contribution in [0.5, 0.6) is 0 Å². The Hall–Kier alpha value is -3.08. The SMILES string of the molecule is CC(=O)N1CCC(Nc2ccc(C(F)(F)F)c(C#N)c2)c2ccc(F)cc2C1. The van der Waals surface area contributed by atoms with E-state index < -0.39 is 23.1 Å². The Morgan fingerprint density at radius 2 is 2.00 bits per heavy atom. The van der Waals surface area contributed by atoms with Gasteiger partial charge in [-0.25, -0.2) is 4.39 Å². The van der Waals surface area contributed by atoms with Crippen LogP contribution < -0.4 is 5.32 Å². The highest BCUT2D eigenvalue weighted by molar-refractivity contribution is 5.73. The Bertz CT molecular complexity index is 949. The molecule has 0 aliphatic carbocycles. The number of carbonyl (C=O) groups is 1. The van der Waals surface area contributed by atoms with Crippen LogP contribution in [0.2, 0.25) is 0 Å². The number of alkyl halides is 3. The van der Waals surface area contributed by atoms with E-state index in [1.54, 1.807) is 17.0 Å². The van der Waals surface area contributed by atoms with E-state index in [1.807, 2.05) is 0 Å². The standard InChI is InChI=1S/C20H17F4N3O/c1-12(28)27-7-6-19(17-4-2-15(21)8-14(17)11-27)26-16-3-5-18(20(22,23)24)13(9-16)10-25/h2-5,8-9,19,26H,6-7,11H2,1H3. The number of hydrogen-bond acceptors (Lipinski definition) is 3. The minimum Gasteiger partial charge on any atom is -0.378 e. The summed E-state index contributed by atoms with van der Waals surface area (Å²) in [4.78, 5) is 13.4. The maximum atomic E-state index is 13.7. The largest absolute Gasteiger partial charge is 0.417 e. The van der Waals surface area contributed by atoms with Crippen LogP contribution in [0.4, 0.5) is 23.2 Å². The van der Waals surface area contributed by atoms with Crippen molar-refractivity contribution >= 4 is 11.6 Å². The van der Waals surface area contributed by atoms with Crippen LogP contribution in [0.1, 0.15) is 41.6 Å². The van der Waals surface area contributed by atoms with Crippen molar-refractivity contribution in [1.82, 2.24) is 4.90 Å². The fourth-order valence-electron chi connectivity index (χ4n) is 3.37. The van der Waals surface area contributed by atoms with Gasteiger partial charge in [0.25, 0.3) is 0 Å². The number of halogens is 4. The smallest absolute Gasteiger partial charge is 0.378 e. The Balaban J connectivity index is 1.94. The number of hydrogen-bond donors (Lipinski definition) is 1. The molecule has 1 unspecified atom stereocenters. The summed E-state index contributed by atoms with van der Waals surface area (Å²) in [6.45, 7) is 2.11. The molecule has 0 fully saturated rings. The Kier molecular flexibility index (Phi) is 5.27. The van der Waals surface area contributed by atoms with Gasteiger partial charge in [-0.3, -0.25) is 4.79 Å². The van der Waals surface area contributed by atoms with Gasteiger partial charge in [-0.15, -0.1) is 0 Å². The van der Waals surface area contributed by atoms with Crippen LogP contribution in [0.3, 0.4) is 0 Å². The van der Waals surface area contributed by atoms with Crippen molar-refractivity contribution in [3.63, 3.8) is 0 Å². The molecule has 0 aromatic heterocycles. The molecule has 0 spiro atoms. The molecule has 8 heteroatoms. The molecule has 0 saturated heterocycles. The summed E-state index contributed by atoms with van der Waals surface area (Å²) in [5.74, 6) is -0.568. The number of benzene rings is 2. The second kappa shape index (κ2) is 7.50. The van der Waals surface area contributed by atoms with E-state index in [2.05, 4.69) is 5.32 Å². The number of anilines is 1. The van der Waals surface area contributed by atoms with E-state index in [1.165, 1.54) is 25.1 Å². The maximum Gasteiger partial charge on any atom is 0.417 e. The van der Waals surface area contributed by atoms with Crippen molar-refractivity contribution < 1.29 is 22.4 Å². The number of nitrogens with one attached hydrogen (secondary N) is 1. The van der Waals surface area contributed by atoms with Crippen LogP contribution in [-0.4, -0.2) is 17.4 Å². The Morgan fingerprint density at radius 3 is 2.64 bits per heavy atom. The molecule has 1 heterocycles. The zero-order valence-electron chi connectivity index (χ0n) is 15.0. The third-order valence-electron chi connectivity index (χ3n) is 4.76. The number of amides is 1. The van der Waals surface area contributed by atoms with Crippen molar-refractivity contribution in [2.75, 3.05) is 11.9 Å². The molecule has 0 bridgehead atoms. The predicted octanol–water partition coefficient (Wildman–Crippen LogP) is 4.62. The molecule has 4 nitrogen and oxygen atoms in total. The van der Waals surface area contributed by atoms with Gasteiger partial charge >= 0.3 is 6.18 Å². The van der Waals surface area contributed by atoms with Gasteiger partial charge in [0.05, 0.1) is 23.2 Å². The minimum atomic E-state index is -4.61. The average Bonchev–Trinajstić information content (AvgIpc) is 2.80. The highest BCUT2D eigenvalue weighted by atomic mass is 19.4. The summed E-state index contributed by atoms with van der Waals surface area (Å²) in [6, 6.07) is 8.80. The number of nitriles is 1. The van der Waals surface area contributed by atoms with E-state index in [0.29, 0.717) is 24.2 Å². The topological polar surface area (TPSA) is 56.1 Å². The van der Waals surface area contributed by atoms with Gasteiger partial charge in [-0.2, -0.15) is 18.4 Å². The third-order valence-corrected chi connectivity index (χ3v) is 4.76. The molecule has 1 aliphatic heterocycles. The lowest BCUT2D eigenvalue weighted by molar-refractivity contribution is -0.137. The van der Waals surface area contributed by atoms with Gasteiger partial charge < -0.3 is 10.2 Å². The fourth-order valence-corrected chi connectivity index (χ4v) is 3.37. The summed E-state index contributed by atoms with van der Waals surface area (Å²) in [5, 5.41) is 12.2. The van der Waals surface area contributed by atoms with Gasteiger partial charge in [0, 0.05) is 25.7 Å². The lowest BCUT2D eigenvalue weighted by atomic mass is 9.98. The molecule has 0 radical (unpaired) electrons. The van der Waals surface area contributed by atoms with Gasteiger partial charge in [0.2, 0.25) is 5.91 Å². The van der Waals surface area contributed by atoms with Crippen LogP contribution >= 0.6 is 0 Å². The first-order valence-electron chi connectivity index (χ1n) is 8.60. The molecule has 1 atom stereocenters. The summed E-state index contributed by atoms with van der Waals surface area (Å²) in [7, 11) is 0. The van der Waals surface area contributed by atoms with Gasteiger partial charge in [-0.1, -0.05) is 6.07 Å². The number of carbonyl (C=O) groups excluding carboxylic acids is 1. The van der Waals surface area contributed by atoms with Crippen molar-refractivity contribution in [3.05, 3.63) is 64.5 Å². The van der Waals surface area contributed by atoms with Crippen molar-refractivity contribution in [1.29, 1.82) is 5.26 Å². The van der Waals surface area contributed by atoms with Crippen molar-refractivity contribution in [2.24, 2.45) is 0 Å². The van der Waals surface area contributed by atoms with E-state index in [4.69, 9.17) is 5.26 Å². The summed E-state index contributed by atoms with van der Waals surface area (Å²) < 4.78 is 52.7. The minimum absolute atomic E-state index is 0.142. The molecule has 3 rings (SSSR count). The Labute approximate surface area is 159 Å². The van der Waals surface area contributed by atoms with E-state index in [-0.39, 0.29) is 18.5 Å². The highest BCUT2D eigenvalue weighted by Gasteiger charge is 2.33. The first-order valence-corrected chi connectivity index (χ1v) is 8.60. The molecule has 146 valence electrons. The molecule has 1 N–H and O–H groups in total. The molecular formula is C20H17F4N3O. The van der Waals surface area contributed by atoms with Gasteiger partial charge in [-0.05, 0) is 47.9 Å². The molecule has 2 aromatic rings. The first-order chi connectivity index (χ1) is 13.2. The van der Waals surface area contributed by atoms with E-state index >= 15 is 0 Å². The zero-order chi connectivity index (χ0) is 20.5. The average molecular weight is 391 g/mol. The quantitative estimate of drug-likeness (QED) is 0.760. The highest BCUT2D eigenvalue weighted by Crippen LogP contribution is 2.35. The number of rotatable bonds is 2. The van der Waals surface area contributed by atoms with Crippen LogP contribution in [-0.2, 0) is 17.5 Å². The molecular weight excluding hydrogens is 374 g/mol. The third kappa shape index (κ3) is 4.09. The normalized spacial score (nSPS) is 16.7. The first kappa shape index (κ1) is 19.7. The van der Waals surface area contributed by atoms with Gasteiger partial charge in [0.15, 0.2) is 0 Å². The molecule has 28 heavy (non-hydrogen) atoms. The molecule has 1 amide bonds. The molecule has 1 aliphatic rings. The predicted molar refractivity (Wildman–Crippen MR) is 94.6 cm³/mol. The fraction of sp³-hybridized carbons (Fsp3) is 0.300. The lowest BCUT2D eigenvalue weighted by Gasteiger charge is -2.21. The summed E-state index contributed by atoms with van der Waals surface area (Å²) in [5.41, 5.74) is 0.282. The molecule has 2 aromatic carbocycles. The van der Waals surface area contributed by atoms with E-state index in [9.17, 15) is 22.4 Å². The number of fused-ring (bicyclic) bond motifs is 1. The molecule has 0 saturated carbocycles. The summed E-state index contributed by atoms with van der Waals surface area (Å²) in [6.07, 6.45) is -4.13. The second-order valence-corrected chi connectivity index (χ2v) is 6.64. The lowest BCUT2D eigenvalue weighted by Crippen LogP contribution is -2.28. The zero-order valence-corrected chi connectivity index (χ0v) is 15.0. The maximum absolute atomic E-state index is 13.7. The van der Waals surface area contributed by atoms with Crippen LogP contribution in [0.15, 0.2) is 36.4 Å². The monoisotopic (exact) mass is 391 g/mol. The van der Waals surface area contributed by atoms with Gasteiger partial charge in [0.1, 0.15) is 5.82 Å².